The second-order valence-electron chi connectivity index (χ2n) is 6.03. The quantitative estimate of drug-likeness (QED) is 0.752. The van der Waals surface area contributed by atoms with Crippen LogP contribution in [0.25, 0.3) is 10.6 Å². The van der Waals surface area contributed by atoms with Crippen molar-refractivity contribution in [3.05, 3.63) is 40.9 Å². The van der Waals surface area contributed by atoms with Gasteiger partial charge < -0.3 is 10.1 Å². The molecular formula is C18H22N2O2S. The topological polar surface area (TPSA) is 51.2 Å². The fourth-order valence-corrected chi connectivity index (χ4v) is 3.01. The van der Waals surface area contributed by atoms with Crippen LogP contribution in [0.1, 0.15) is 35.3 Å². The van der Waals surface area contributed by atoms with E-state index in [1.807, 2.05) is 17.5 Å². The Kier molecular flexibility index (Phi) is 5.41. The maximum absolute atomic E-state index is 12.1. The van der Waals surface area contributed by atoms with Gasteiger partial charge in [-0.25, -0.2) is 4.98 Å². The number of hydrogen-bond donors (Lipinski definition) is 1. The average Bonchev–Trinajstić information content (AvgIpc) is 3.25. The molecule has 0 radical (unpaired) electrons. The van der Waals surface area contributed by atoms with Crippen molar-refractivity contribution in [1.29, 1.82) is 0 Å². The Morgan fingerprint density at radius 3 is 2.87 bits per heavy atom. The molecular weight excluding hydrogens is 308 g/mol. The molecule has 1 aromatic carbocycles. The van der Waals surface area contributed by atoms with Gasteiger partial charge in [0.1, 0.15) is 10.7 Å². The summed E-state index contributed by atoms with van der Waals surface area (Å²) in [5.74, 6) is 0.682. The van der Waals surface area contributed by atoms with Gasteiger partial charge in [-0.1, -0.05) is 29.8 Å². The van der Waals surface area contributed by atoms with Crippen molar-refractivity contribution in [3.8, 4) is 10.6 Å². The number of hydrogen-bond acceptors (Lipinski definition) is 4. The molecule has 122 valence electrons. The van der Waals surface area contributed by atoms with E-state index in [1.165, 1.54) is 29.7 Å². The molecule has 0 unspecified atom stereocenters. The van der Waals surface area contributed by atoms with Crippen LogP contribution in [0.4, 0.5) is 0 Å². The van der Waals surface area contributed by atoms with E-state index in [2.05, 4.69) is 29.4 Å². The number of ether oxygens (including phenoxy) is 1. The first kappa shape index (κ1) is 16.1. The smallest absolute Gasteiger partial charge is 0.270 e. The molecule has 2 aromatic rings. The summed E-state index contributed by atoms with van der Waals surface area (Å²) in [5.41, 5.74) is 2.75. The SMILES string of the molecule is Cc1ccc(-c2nc(C(=O)NCCCOCC3CC3)cs2)cc1. The zero-order valence-electron chi connectivity index (χ0n) is 13.4. The summed E-state index contributed by atoms with van der Waals surface area (Å²) < 4.78 is 5.55. The first-order chi connectivity index (χ1) is 11.2. The van der Waals surface area contributed by atoms with Crippen molar-refractivity contribution in [3.63, 3.8) is 0 Å². The highest BCUT2D eigenvalue weighted by molar-refractivity contribution is 7.13. The minimum atomic E-state index is -0.109. The number of thiazole rings is 1. The maximum Gasteiger partial charge on any atom is 0.270 e. The third kappa shape index (κ3) is 4.88. The van der Waals surface area contributed by atoms with Gasteiger partial charge in [0.05, 0.1) is 0 Å². The standard InChI is InChI=1S/C18H22N2O2S/c1-13-3-7-15(8-4-13)18-20-16(12-23-18)17(21)19-9-2-10-22-11-14-5-6-14/h3-4,7-8,12,14H,2,5-6,9-11H2,1H3,(H,19,21). The Morgan fingerprint density at radius 1 is 1.35 bits per heavy atom. The number of carbonyl (C=O) groups is 1. The zero-order chi connectivity index (χ0) is 16.1. The van der Waals surface area contributed by atoms with E-state index in [0.717, 1.165) is 29.5 Å². The van der Waals surface area contributed by atoms with E-state index in [0.29, 0.717) is 18.8 Å². The molecule has 0 saturated heterocycles. The van der Waals surface area contributed by atoms with Crippen LogP contribution in [0.3, 0.4) is 0 Å². The Labute approximate surface area is 140 Å². The van der Waals surface area contributed by atoms with Crippen LogP contribution >= 0.6 is 11.3 Å². The summed E-state index contributed by atoms with van der Waals surface area (Å²) in [6.07, 6.45) is 3.46. The van der Waals surface area contributed by atoms with Crippen LogP contribution < -0.4 is 5.32 Å². The summed E-state index contributed by atoms with van der Waals surface area (Å²) in [6.45, 7) is 4.27. The lowest BCUT2D eigenvalue weighted by Gasteiger charge is -2.04. The number of aryl methyl sites for hydroxylation is 1. The molecule has 1 N–H and O–H groups in total. The highest BCUT2D eigenvalue weighted by Gasteiger charge is 2.20. The Bertz CT molecular complexity index is 647. The molecule has 1 fully saturated rings. The fourth-order valence-electron chi connectivity index (χ4n) is 2.21. The molecule has 0 bridgehead atoms. The number of nitrogens with zero attached hydrogens (tertiary/aromatic N) is 1. The Morgan fingerprint density at radius 2 is 2.13 bits per heavy atom. The van der Waals surface area contributed by atoms with Crippen LogP contribution in [0.15, 0.2) is 29.6 Å². The predicted molar refractivity (Wildman–Crippen MR) is 92.8 cm³/mol. The summed E-state index contributed by atoms with van der Waals surface area (Å²) in [7, 11) is 0. The Balaban J connectivity index is 1.43. The van der Waals surface area contributed by atoms with Gasteiger partial charge in [0, 0.05) is 30.7 Å². The molecule has 0 aliphatic heterocycles. The monoisotopic (exact) mass is 330 g/mol. The van der Waals surface area contributed by atoms with Gasteiger partial charge in [-0.15, -0.1) is 11.3 Å². The molecule has 1 heterocycles. The van der Waals surface area contributed by atoms with E-state index >= 15 is 0 Å². The first-order valence-electron chi connectivity index (χ1n) is 8.11. The van der Waals surface area contributed by atoms with Crippen LogP contribution in [0, 0.1) is 12.8 Å². The van der Waals surface area contributed by atoms with E-state index in [-0.39, 0.29) is 5.91 Å². The molecule has 0 spiro atoms. The minimum absolute atomic E-state index is 0.109. The summed E-state index contributed by atoms with van der Waals surface area (Å²) in [4.78, 5) is 16.5. The molecule has 3 rings (SSSR count). The third-order valence-corrected chi connectivity index (χ3v) is 4.73. The van der Waals surface area contributed by atoms with Crippen LogP contribution in [-0.4, -0.2) is 30.6 Å². The highest BCUT2D eigenvalue weighted by atomic mass is 32.1. The summed E-state index contributed by atoms with van der Waals surface area (Å²) >= 11 is 1.50. The van der Waals surface area contributed by atoms with Crippen LogP contribution in [-0.2, 0) is 4.74 Å². The normalized spacial score (nSPS) is 14.0. The van der Waals surface area contributed by atoms with Crippen molar-refractivity contribution >= 4 is 17.2 Å². The minimum Gasteiger partial charge on any atom is -0.381 e. The number of benzene rings is 1. The average molecular weight is 330 g/mol. The molecule has 1 saturated carbocycles. The lowest BCUT2D eigenvalue weighted by molar-refractivity contribution is 0.0933. The fraction of sp³-hybridized carbons (Fsp3) is 0.444. The van der Waals surface area contributed by atoms with Gasteiger partial charge in [-0.05, 0) is 32.1 Å². The van der Waals surface area contributed by atoms with Crippen molar-refractivity contribution in [2.75, 3.05) is 19.8 Å². The molecule has 1 aliphatic carbocycles. The molecule has 0 atom stereocenters. The number of carbonyl (C=O) groups excluding carboxylic acids is 1. The molecule has 1 aromatic heterocycles. The van der Waals surface area contributed by atoms with E-state index in [1.54, 1.807) is 0 Å². The number of amides is 1. The second kappa shape index (κ2) is 7.70. The number of rotatable bonds is 8. The zero-order valence-corrected chi connectivity index (χ0v) is 14.2. The first-order valence-corrected chi connectivity index (χ1v) is 8.99. The highest BCUT2D eigenvalue weighted by Crippen LogP contribution is 2.28. The number of nitrogens with one attached hydrogen (secondary N) is 1. The van der Waals surface area contributed by atoms with Crippen molar-refractivity contribution < 1.29 is 9.53 Å². The van der Waals surface area contributed by atoms with Gasteiger partial charge in [0.25, 0.3) is 5.91 Å². The largest absolute Gasteiger partial charge is 0.381 e. The lowest BCUT2D eigenvalue weighted by atomic mass is 10.2. The van der Waals surface area contributed by atoms with Crippen molar-refractivity contribution in [2.24, 2.45) is 5.92 Å². The van der Waals surface area contributed by atoms with Gasteiger partial charge in [-0.2, -0.15) is 0 Å². The predicted octanol–water partition coefficient (Wildman–Crippen LogP) is 3.67. The Hall–Kier alpha value is -1.72. The van der Waals surface area contributed by atoms with Gasteiger partial charge in [-0.3, -0.25) is 4.79 Å². The summed E-state index contributed by atoms with van der Waals surface area (Å²) in [5, 5.41) is 5.59. The second-order valence-corrected chi connectivity index (χ2v) is 6.89. The molecule has 5 heteroatoms. The van der Waals surface area contributed by atoms with E-state index in [9.17, 15) is 4.79 Å². The number of aromatic nitrogens is 1. The van der Waals surface area contributed by atoms with Gasteiger partial charge >= 0.3 is 0 Å². The lowest BCUT2D eigenvalue weighted by Crippen LogP contribution is -2.25. The maximum atomic E-state index is 12.1. The van der Waals surface area contributed by atoms with Gasteiger partial charge in [0.2, 0.25) is 0 Å². The molecule has 23 heavy (non-hydrogen) atoms. The van der Waals surface area contributed by atoms with Crippen molar-refractivity contribution in [2.45, 2.75) is 26.2 Å². The van der Waals surface area contributed by atoms with Crippen LogP contribution in [0.5, 0.6) is 0 Å². The third-order valence-electron chi connectivity index (χ3n) is 3.84. The van der Waals surface area contributed by atoms with Gasteiger partial charge in [0.15, 0.2) is 0 Å². The molecule has 1 amide bonds. The summed E-state index contributed by atoms with van der Waals surface area (Å²) in [6, 6.07) is 8.18. The molecule has 1 aliphatic rings. The van der Waals surface area contributed by atoms with E-state index < -0.39 is 0 Å². The van der Waals surface area contributed by atoms with E-state index in [4.69, 9.17) is 4.74 Å². The molecule has 4 nitrogen and oxygen atoms in total. The van der Waals surface area contributed by atoms with Crippen LogP contribution in [0.2, 0.25) is 0 Å². The van der Waals surface area contributed by atoms with Crippen molar-refractivity contribution in [1.82, 2.24) is 10.3 Å².